The van der Waals surface area contributed by atoms with Crippen LogP contribution in [-0.2, 0) is 16.2 Å². The van der Waals surface area contributed by atoms with Crippen LogP contribution in [0.15, 0.2) is 24.3 Å². The van der Waals surface area contributed by atoms with Crippen molar-refractivity contribution < 1.29 is 14.6 Å². The first-order valence-electron chi connectivity index (χ1n) is 5.47. The molecule has 0 aromatic heterocycles. The van der Waals surface area contributed by atoms with Gasteiger partial charge in [0.15, 0.2) is 0 Å². The minimum atomic E-state index is -0.497. The summed E-state index contributed by atoms with van der Waals surface area (Å²) in [5.41, 5.74) is 1.10. The predicted octanol–water partition coefficient (Wildman–Crippen LogP) is 3.51. The summed E-state index contributed by atoms with van der Waals surface area (Å²) >= 11 is 3.36. The second-order valence-electron chi connectivity index (χ2n) is 4.71. The quantitative estimate of drug-likeness (QED) is 0.485. The number of halogens is 1. The Morgan fingerprint density at radius 2 is 2.06 bits per heavy atom. The zero-order valence-electron chi connectivity index (χ0n) is 10.3. The molecular formula is C13H17BrO3. The smallest absolute Gasteiger partial charge is 0.292 e. The van der Waals surface area contributed by atoms with E-state index in [1.165, 1.54) is 0 Å². The van der Waals surface area contributed by atoms with Crippen molar-refractivity contribution in [3.05, 3.63) is 35.4 Å². The first-order chi connectivity index (χ1) is 7.92. The van der Waals surface area contributed by atoms with Crippen molar-refractivity contribution in [2.45, 2.75) is 32.8 Å². The minimum Gasteiger partial charge on any atom is -0.292 e. The molecule has 0 heterocycles. The molecule has 94 valence electrons. The van der Waals surface area contributed by atoms with Gasteiger partial charge < -0.3 is 0 Å². The van der Waals surface area contributed by atoms with Gasteiger partial charge in [-0.25, -0.2) is 4.79 Å². The van der Waals surface area contributed by atoms with Crippen molar-refractivity contribution in [1.29, 1.82) is 0 Å². The lowest BCUT2D eigenvalue weighted by Crippen LogP contribution is -2.22. The number of benzene rings is 1. The van der Waals surface area contributed by atoms with E-state index in [1.54, 1.807) is 6.07 Å². The second-order valence-corrected chi connectivity index (χ2v) is 5.50. The third-order valence-corrected chi connectivity index (χ3v) is 2.31. The molecule has 0 amide bonds. The van der Waals surface area contributed by atoms with Crippen LogP contribution in [0.5, 0.6) is 0 Å². The lowest BCUT2D eigenvalue weighted by atomic mass is 10.1. The standard InChI is InChI=1S/C13H17BrO3/c1-13(2,3)17-16-12(15)11-6-4-5-10(9-11)7-8-14/h4-6,9H,7-8H2,1-3H3. The van der Waals surface area contributed by atoms with Crippen LogP contribution in [0.25, 0.3) is 0 Å². The Labute approximate surface area is 110 Å². The molecule has 0 atom stereocenters. The first-order valence-corrected chi connectivity index (χ1v) is 6.59. The van der Waals surface area contributed by atoms with E-state index in [1.807, 2.05) is 39.0 Å². The Hall–Kier alpha value is -0.870. The van der Waals surface area contributed by atoms with Gasteiger partial charge in [-0.15, -0.1) is 0 Å². The molecule has 0 saturated heterocycles. The van der Waals surface area contributed by atoms with Crippen molar-refractivity contribution in [2.24, 2.45) is 0 Å². The molecule has 0 radical (unpaired) electrons. The van der Waals surface area contributed by atoms with E-state index >= 15 is 0 Å². The summed E-state index contributed by atoms with van der Waals surface area (Å²) in [5, 5.41) is 0.865. The number of carbonyl (C=O) groups excluding carboxylic acids is 1. The summed E-state index contributed by atoms with van der Waals surface area (Å²) < 4.78 is 0. The summed E-state index contributed by atoms with van der Waals surface area (Å²) in [4.78, 5) is 21.5. The summed E-state index contributed by atoms with van der Waals surface area (Å²) in [6.45, 7) is 5.46. The Morgan fingerprint density at radius 3 is 2.65 bits per heavy atom. The third kappa shape index (κ3) is 5.33. The monoisotopic (exact) mass is 300 g/mol. The van der Waals surface area contributed by atoms with Gasteiger partial charge in [-0.1, -0.05) is 28.1 Å². The molecule has 0 aliphatic heterocycles. The molecule has 4 heteroatoms. The lowest BCUT2D eigenvalue weighted by molar-refractivity contribution is -0.301. The molecule has 1 aromatic carbocycles. The van der Waals surface area contributed by atoms with Crippen molar-refractivity contribution in [3.8, 4) is 0 Å². The number of aryl methyl sites for hydroxylation is 1. The van der Waals surface area contributed by atoms with Crippen molar-refractivity contribution in [3.63, 3.8) is 0 Å². The first kappa shape index (κ1) is 14.2. The average molecular weight is 301 g/mol. The Morgan fingerprint density at radius 1 is 1.35 bits per heavy atom. The molecular weight excluding hydrogens is 284 g/mol. The summed E-state index contributed by atoms with van der Waals surface area (Å²) in [7, 11) is 0. The summed E-state index contributed by atoms with van der Waals surface area (Å²) in [6, 6.07) is 7.34. The summed E-state index contributed by atoms with van der Waals surface area (Å²) in [5.74, 6) is -0.462. The van der Waals surface area contributed by atoms with Gasteiger partial charge in [0.2, 0.25) is 0 Å². The van der Waals surface area contributed by atoms with E-state index in [-0.39, 0.29) is 0 Å². The number of carbonyl (C=O) groups is 1. The number of hydrogen-bond donors (Lipinski definition) is 0. The molecule has 0 N–H and O–H groups in total. The van der Waals surface area contributed by atoms with Crippen LogP contribution in [-0.4, -0.2) is 16.9 Å². The maximum absolute atomic E-state index is 11.7. The van der Waals surface area contributed by atoms with E-state index in [2.05, 4.69) is 15.9 Å². The molecule has 0 spiro atoms. The SMILES string of the molecule is CC(C)(C)OOC(=O)c1cccc(CCBr)c1. The average Bonchev–Trinajstić information content (AvgIpc) is 2.26. The molecule has 1 rings (SSSR count). The van der Waals surface area contributed by atoms with E-state index in [0.717, 1.165) is 17.3 Å². The van der Waals surface area contributed by atoms with Crippen molar-refractivity contribution in [1.82, 2.24) is 0 Å². The van der Waals surface area contributed by atoms with Gasteiger partial charge in [0.1, 0.15) is 5.60 Å². The van der Waals surface area contributed by atoms with E-state index < -0.39 is 11.6 Å². The molecule has 0 bridgehead atoms. The van der Waals surface area contributed by atoms with E-state index in [0.29, 0.717) is 5.56 Å². The molecule has 3 nitrogen and oxygen atoms in total. The zero-order chi connectivity index (χ0) is 12.9. The fourth-order valence-corrected chi connectivity index (χ4v) is 1.63. The van der Waals surface area contributed by atoms with Crippen LogP contribution in [0.3, 0.4) is 0 Å². The van der Waals surface area contributed by atoms with Crippen LogP contribution in [0.2, 0.25) is 0 Å². The van der Waals surface area contributed by atoms with Crippen LogP contribution in [0.4, 0.5) is 0 Å². The fourth-order valence-electron chi connectivity index (χ4n) is 1.17. The third-order valence-electron chi connectivity index (χ3n) is 1.91. The number of rotatable bonds is 4. The molecule has 0 aliphatic carbocycles. The van der Waals surface area contributed by atoms with Gasteiger partial charge in [0, 0.05) is 5.33 Å². The van der Waals surface area contributed by atoms with Crippen LogP contribution in [0.1, 0.15) is 36.7 Å². The predicted molar refractivity (Wildman–Crippen MR) is 70.2 cm³/mol. The molecule has 0 fully saturated rings. The number of hydrogen-bond acceptors (Lipinski definition) is 3. The number of alkyl halides is 1. The van der Waals surface area contributed by atoms with Crippen LogP contribution >= 0.6 is 15.9 Å². The largest absolute Gasteiger partial charge is 0.373 e. The maximum atomic E-state index is 11.7. The molecule has 0 aliphatic rings. The highest BCUT2D eigenvalue weighted by Crippen LogP contribution is 2.12. The summed E-state index contributed by atoms with van der Waals surface area (Å²) in [6.07, 6.45) is 0.876. The molecule has 0 saturated carbocycles. The Bertz CT molecular complexity index is 382. The highest BCUT2D eigenvalue weighted by atomic mass is 79.9. The molecule has 17 heavy (non-hydrogen) atoms. The van der Waals surface area contributed by atoms with Gasteiger partial charge in [-0.05, 0) is 44.9 Å². The minimum absolute atomic E-state index is 0.462. The van der Waals surface area contributed by atoms with Crippen molar-refractivity contribution >= 4 is 21.9 Å². The molecule has 1 aromatic rings. The second kappa shape index (κ2) is 6.17. The van der Waals surface area contributed by atoms with Crippen LogP contribution in [0, 0.1) is 0 Å². The highest BCUT2D eigenvalue weighted by Gasteiger charge is 2.16. The Kier molecular flexibility index (Phi) is 5.15. The topological polar surface area (TPSA) is 35.5 Å². The van der Waals surface area contributed by atoms with E-state index in [4.69, 9.17) is 9.78 Å². The molecule has 0 unspecified atom stereocenters. The van der Waals surface area contributed by atoms with Crippen molar-refractivity contribution in [2.75, 3.05) is 5.33 Å². The van der Waals surface area contributed by atoms with E-state index in [9.17, 15) is 4.79 Å². The zero-order valence-corrected chi connectivity index (χ0v) is 11.9. The van der Waals surface area contributed by atoms with Gasteiger partial charge >= 0.3 is 5.97 Å². The highest BCUT2D eigenvalue weighted by molar-refractivity contribution is 9.09. The fraction of sp³-hybridized carbons (Fsp3) is 0.462. The van der Waals surface area contributed by atoms with Crippen LogP contribution < -0.4 is 0 Å². The van der Waals surface area contributed by atoms with Gasteiger partial charge in [0.05, 0.1) is 5.56 Å². The van der Waals surface area contributed by atoms with Gasteiger partial charge in [-0.2, -0.15) is 4.89 Å². The Balaban J connectivity index is 2.65. The van der Waals surface area contributed by atoms with Gasteiger partial charge in [0.25, 0.3) is 0 Å². The maximum Gasteiger partial charge on any atom is 0.373 e. The normalized spacial score (nSPS) is 11.3. The van der Waals surface area contributed by atoms with Gasteiger partial charge in [-0.3, -0.25) is 4.89 Å². The lowest BCUT2D eigenvalue weighted by Gasteiger charge is -2.16.